The summed E-state index contributed by atoms with van der Waals surface area (Å²) >= 11 is 1.17. The fourth-order valence-electron chi connectivity index (χ4n) is 3.60. The molecule has 5 nitrogen and oxygen atoms in total. The Morgan fingerprint density at radius 3 is 2.52 bits per heavy atom. The minimum atomic E-state index is -3.78. The molecule has 1 aromatic heterocycles. The lowest BCUT2D eigenvalue weighted by Crippen LogP contribution is -2.50. The Hall–Kier alpha value is -2.48. The number of sulfonamides is 1. The van der Waals surface area contributed by atoms with Crippen molar-refractivity contribution in [3.63, 3.8) is 0 Å². The summed E-state index contributed by atoms with van der Waals surface area (Å²) in [5.74, 6) is -0.312. The lowest BCUT2D eigenvalue weighted by Gasteiger charge is -2.34. The zero-order valence-electron chi connectivity index (χ0n) is 16.3. The Morgan fingerprint density at radius 2 is 1.79 bits per heavy atom. The van der Waals surface area contributed by atoms with Crippen LogP contribution in [0.3, 0.4) is 0 Å². The molecule has 0 spiro atoms. The van der Waals surface area contributed by atoms with Gasteiger partial charge in [-0.3, -0.25) is 4.79 Å². The van der Waals surface area contributed by atoms with E-state index < -0.39 is 16.1 Å². The normalized spacial score (nSPS) is 17.0. The van der Waals surface area contributed by atoms with Crippen LogP contribution in [0.15, 0.2) is 64.2 Å². The van der Waals surface area contributed by atoms with Crippen molar-refractivity contribution >= 4 is 33.0 Å². The van der Waals surface area contributed by atoms with Gasteiger partial charge in [0.05, 0.1) is 0 Å². The molecule has 1 aliphatic rings. The molecule has 0 bridgehead atoms. The molecule has 0 saturated heterocycles. The molecule has 2 heterocycles. The van der Waals surface area contributed by atoms with E-state index in [0.717, 1.165) is 22.3 Å². The Morgan fingerprint density at radius 1 is 1.03 bits per heavy atom. The molecule has 3 aromatic rings. The van der Waals surface area contributed by atoms with Gasteiger partial charge in [-0.1, -0.05) is 42.5 Å². The summed E-state index contributed by atoms with van der Waals surface area (Å²) in [7, 11) is -3.78. The summed E-state index contributed by atoms with van der Waals surface area (Å²) in [6.07, 6.45) is 0.345. The SMILES string of the molecule is Cc1cccc(NC(=O)[C@@H]2Cc3ccccc3CN2S(=O)(=O)c2cccs2)c1C. The maximum Gasteiger partial charge on any atom is 0.253 e. The molecule has 0 saturated carbocycles. The third-order valence-electron chi connectivity index (χ3n) is 5.43. The number of carbonyl (C=O) groups is 1. The van der Waals surface area contributed by atoms with Crippen molar-refractivity contribution in [3.05, 3.63) is 82.2 Å². The summed E-state index contributed by atoms with van der Waals surface area (Å²) in [4.78, 5) is 13.3. The predicted molar refractivity (Wildman–Crippen MR) is 116 cm³/mol. The second kappa shape index (κ2) is 7.74. The second-order valence-corrected chi connectivity index (χ2v) is 10.3. The van der Waals surface area contributed by atoms with E-state index in [4.69, 9.17) is 0 Å². The average molecular weight is 427 g/mol. The number of aryl methyl sites for hydroxylation is 1. The highest BCUT2D eigenvalue weighted by Crippen LogP contribution is 2.31. The van der Waals surface area contributed by atoms with E-state index in [1.165, 1.54) is 15.6 Å². The van der Waals surface area contributed by atoms with E-state index in [2.05, 4.69) is 5.32 Å². The van der Waals surface area contributed by atoms with E-state index in [9.17, 15) is 13.2 Å². The van der Waals surface area contributed by atoms with Crippen molar-refractivity contribution in [2.24, 2.45) is 0 Å². The van der Waals surface area contributed by atoms with Crippen LogP contribution >= 0.6 is 11.3 Å². The monoisotopic (exact) mass is 426 g/mol. The molecule has 0 aliphatic carbocycles. The third-order valence-corrected chi connectivity index (χ3v) is 8.66. The van der Waals surface area contributed by atoms with Gasteiger partial charge in [-0.25, -0.2) is 8.42 Å². The Bertz CT molecular complexity index is 1150. The van der Waals surface area contributed by atoms with Gasteiger partial charge in [0.15, 0.2) is 0 Å². The van der Waals surface area contributed by atoms with Gasteiger partial charge in [-0.05, 0) is 60.0 Å². The van der Waals surface area contributed by atoms with Crippen LogP contribution in [0, 0.1) is 13.8 Å². The highest BCUT2D eigenvalue weighted by molar-refractivity contribution is 7.91. The number of hydrogen-bond acceptors (Lipinski definition) is 4. The fraction of sp³-hybridized carbons (Fsp3) is 0.227. The summed E-state index contributed by atoms with van der Waals surface area (Å²) in [5, 5.41) is 4.69. The van der Waals surface area contributed by atoms with Crippen molar-refractivity contribution in [2.45, 2.75) is 37.1 Å². The number of rotatable bonds is 4. The number of thiophene rings is 1. The number of anilines is 1. The summed E-state index contributed by atoms with van der Waals surface area (Å²) < 4.78 is 28.2. The first-order chi connectivity index (χ1) is 13.9. The van der Waals surface area contributed by atoms with Crippen molar-refractivity contribution in [1.82, 2.24) is 4.31 Å². The number of carbonyl (C=O) groups excluding carboxylic acids is 1. The molecule has 1 amide bonds. The minimum Gasteiger partial charge on any atom is -0.324 e. The predicted octanol–water partition coefficient (Wildman–Crippen LogP) is 4.12. The molecule has 2 aromatic carbocycles. The van der Waals surface area contributed by atoms with Crippen LogP contribution in [-0.4, -0.2) is 24.7 Å². The van der Waals surface area contributed by atoms with Crippen molar-refractivity contribution < 1.29 is 13.2 Å². The smallest absolute Gasteiger partial charge is 0.253 e. The van der Waals surface area contributed by atoms with Gasteiger partial charge in [-0.2, -0.15) is 4.31 Å². The fourth-order valence-corrected chi connectivity index (χ4v) is 6.29. The Kier molecular flexibility index (Phi) is 5.29. The van der Waals surface area contributed by atoms with Crippen molar-refractivity contribution in [3.8, 4) is 0 Å². The molecular formula is C22H22N2O3S2. The zero-order chi connectivity index (χ0) is 20.6. The highest BCUT2D eigenvalue weighted by Gasteiger charge is 2.40. The zero-order valence-corrected chi connectivity index (χ0v) is 17.9. The van der Waals surface area contributed by atoms with Gasteiger partial charge in [-0.15, -0.1) is 11.3 Å². The number of nitrogens with zero attached hydrogens (tertiary/aromatic N) is 1. The highest BCUT2D eigenvalue weighted by atomic mass is 32.2. The molecule has 0 radical (unpaired) electrons. The van der Waals surface area contributed by atoms with Crippen LogP contribution in [-0.2, 0) is 27.8 Å². The van der Waals surface area contributed by atoms with Crippen LogP contribution < -0.4 is 5.32 Å². The maximum absolute atomic E-state index is 13.3. The van der Waals surface area contributed by atoms with Crippen LogP contribution in [0.2, 0.25) is 0 Å². The maximum atomic E-state index is 13.3. The summed E-state index contributed by atoms with van der Waals surface area (Å²) in [5.41, 5.74) is 4.70. The van der Waals surface area contributed by atoms with Crippen LogP contribution in [0.4, 0.5) is 5.69 Å². The second-order valence-electron chi connectivity index (χ2n) is 7.21. The molecule has 29 heavy (non-hydrogen) atoms. The summed E-state index contributed by atoms with van der Waals surface area (Å²) in [6.45, 7) is 4.11. The molecule has 0 fully saturated rings. The minimum absolute atomic E-state index is 0.182. The van der Waals surface area contributed by atoms with E-state index >= 15 is 0 Å². The van der Waals surface area contributed by atoms with Gasteiger partial charge < -0.3 is 5.32 Å². The van der Waals surface area contributed by atoms with Gasteiger partial charge in [0.2, 0.25) is 5.91 Å². The molecule has 7 heteroatoms. The number of benzene rings is 2. The van der Waals surface area contributed by atoms with Crippen LogP contribution in [0.1, 0.15) is 22.3 Å². The quantitative estimate of drug-likeness (QED) is 0.682. The van der Waals surface area contributed by atoms with E-state index in [1.54, 1.807) is 17.5 Å². The average Bonchev–Trinajstić information content (AvgIpc) is 3.26. The number of fused-ring (bicyclic) bond motifs is 1. The lowest BCUT2D eigenvalue weighted by atomic mass is 9.95. The Balaban J connectivity index is 1.72. The molecule has 1 N–H and O–H groups in total. The standard InChI is InChI=1S/C22H22N2O3S2/c1-15-7-5-10-19(16(15)2)23-22(25)20-13-17-8-3-4-9-18(17)14-24(20)29(26,27)21-11-6-12-28-21/h3-12,20H,13-14H2,1-2H3,(H,23,25)/t20-/m0/s1. The third kappa shape index (κ3) is 3.73. The number of amides is 1. The van der Waals surface area contributed by atoms with Crippen LogP contribution in [0.25, 0.3) is 0 Å². The van der Waals surface area contributed by atoms with E-state index in [1.807, 2.05) is 56.3 Å². The molecule has 1 aliphatic heterocycles. The molecule has 1 atom stereocenters. The number of nitrogens with one attached hydrogen (secondary N) is 1. The van der Waals surface area contributed by atoms with Gasteiger partial charge in [0.25, 0.3) is 10.0 Å². The summed E-state index contributed by atoms with van der Waals surface area (Å²) in [6, 6.07) is 15.9. The van der Waals surface area contributed by atoms with Gasteiger partial charge in [0, 0.05) is 12.2 Å². The van der Waals surface area contributed by atoms with E-state index in [0.29, 0.717) is 12.1 Å². The lowest BCUT2D eigenvalue weighted by molar-refractivity contribution is -0.120. The largest absolute Gasteiger partial charge is 0.324 e. The first-order valence-electron chi connectivity index (χ1n) is 9.37. The number of hydrogen-bond donors (Lipinski definition) is 1. The first-order valence-corrected chi connectivity index (χ1v) is 11.7. The van der Waals surface area contributed by atoms with Crippen molar-refractivity contribution in [2.75, 3.05) is 5.32 Å². The molecular weight excluding hydrogens is 404 g/mol. The van der Waals surface area contributed by atoms with E-state index in [-0.39, 0.29) is 16.7 Å². The molecule has 0 unspecified atom stereocenters. The van der Waals surface area contributed by atoms with Gasteiger partial charge >= 0.3 is 0 Å². The molecule has 4 rings (SSSR count). The van der Waals surface area contributed by atoms with Crippen LogP contribution in [0.5, 0.6) is 0 Å². The topological polar surface area (TPSA) is 66.5 Å². The molecule has 150 valence electrons. The van der Waals surface area contributed by atoms with Crippen molar-refractivity contribution in [1.29, 1.82) is 0 Å². The Labute approximate surface area is 175 Å². The van der Waals surface area contributed by atoms with Gasteiger partial charge in [0.1, 0.15) is 10.3 Å². The first kappa shape index (κ1) is 19.8.